The number of carbonyl (C=O) groups excluding carboxylic acids is 2. The number of ether oxygens (including phenoxy) is 1. The molecule has 1 N–H and O–H groups in total. The summed E-state index contributed by atoms with van der Waals surface area (Å²) in [4.78, 5) is 35.7. The summed E-state index contributed by atoms with van der Waals surface area (Å²) in [6.45, 7) is 5.92. The first-order chi connectivity index (χ1) is 14.7. The topological polar surface area (TPSA) is 100 Å². The van der Waals surface area contributed by atoms with Gasteiger partial charge in [-0.25, -0.2) is 14.4 Å². The molecule has 31 heavy (non-hydrogen) atoms. The predicted molar refractivity (Wildman–Crippen MR) is 112 cm³/mol. The van der Waals surface area contributed by atoms with Crippen LogP contribution >= 0.6 is 0 Å². The highest BCUT2D eigenvalue weighted by Gasteiger charge is 2.45. The molecule has 2 aromatic heterocycles. The number of hydrazone groups is 1. The normalized spacial score (nSPS) is 17.8. The number of anilines is 2. The van der Waals surface area contributed by atoms with Gasteiger partial charge in [-0.1, -0.05) is 20.8 Å². The van der Waals surface area contributed by atoms with Gasteiger partial charge in [0.1, 0.15) is 24.3 Å². The zero-order valence-electron chi connectivity index (χ0n) is 17.7. The molecule has 4 rings (SSSR count). The summed E-state index contributed by atoms with van der Waals surface area (Å²) in [5, 5.41) is 9.02. The van der Waals surface area contributed by atoms with Crippen LogP contribution in [0.3, 0.4) is 0 Å². The van der Waals surface area contributed by atoms with Crippen molar-refractivity contribution in [1.29, 1.82) is 0 Å². The fourth-order valence-electron chi connectivity index (χ4n) is 3.52. The molecular weight excluding hydrogens is 403 g/mol. The number of hydrogen-bond acceptors (Lipinski definition) is 7. The van der Waals surface area contributed by atoms with E-state index in [0.717, 1.165) is 11.9 Å². The lowest BCUT2D eigenvalue weighted by atomic mass is 9.87. The second kappa shape index (κ2) is 7.60. The molecule has 10 heteroatoms. The molecule has 0 bridgehead atoms. The molecule has 1 atom stereocenters. The van der Waals surface area contributed by atoms with Crippen molar-refractivity contribution in [3.8, 4) is 5.88 Å². The van der Waals surface area contributed by atoms with E-state index in [1.807, 2.05) is 20.8 Å². The molecule has 0 saturated carbocycles. The smallest absolute Gasteiger partial charge is 0.259 e. The first kappa shape index (κ1) is 20.7. The summed E-state index contributed by atoms with van der Waals surface area (Å²) in [5.41, 5.74) is 1.02. The lowest BCUT2D eigenvalue weighted by Gasteiger charge is -2.38. The van der Waals surface area contributed by atoms with Gasteiger partial charge in [0.05, 0.1) is 18.9 Å². The summed E-state index contributed by atoms with van der Waals surface area (Å²) in [6.07, 6.45) is 1.01. The van der Waals surface area contributed by atoms with Gasteiger partial charge in [-0.15, -0.1) is 0 Å². The number of fused-ring (bicyclic) bond motifs is 3. The largest absolute Gasteiger partial charge is 0.481 e. The van der Waals surface area contributed by atoms with Crippen LogP contribution in [0.15, 0.2) is 35.6 Å². The van der Waals surface area contributed by atoms with Crippen molar-refractivity contribution < 1.29 is 18.7 Å². The lowest BCUT2D eigenvalue weighted by molar-refractivity contribution is -0.117. The highest BCUT2D eigenvalue weighted by molar-refractivity contribution is 6.06. The number of aromatic nitrogens is 2. The Morgan fingerprint density at radius 2 is 2.06 bits per heavy atom. The molecule has 0 fully saturated rings. The average molecular weight is 426 g/mol. The Labute approximate surface area is 178 Å². The van der Waals surface area contributed by atoms with E-state index in [4.69, 9.17) is 9.84 Å². The van der Waals surface area contributed by atoms with Crippen LogP contribution in [0.4, 0.5) is 16.0 Å². The molecule has 2 aliphatic rings. The van der Waals surface area contributed by atoms with Crippen LogP contribution in [-0.2, 0) is 4.79 Å². The van der Waals surface area contributed by atoms with Gasteiger partial charge in [-0.05, 0) is 18.2 Å². The summed E-state index contributed by atoms with van der Waals surface area (Å²) >= 11 is 0. The van der Waals surface area contributed by atoms with Crippen molar-refractivity contribution in [3.63, 3.8) is 0 Å². The Hall–Kier alpha value is -3.56. The summed E-state index contributed by atoms with van der Waals surface area (Å²) in [6, 6.07) is 5.78. The Morgan fingerprint density at radius 3 is 2.71 bits per heavy atom. The fraction of sp³-hybridized carbons (Fsp3) is 0.381. The van der Waals surface area contributed by atoms with Crippen LogP contribution in [0, 0.1) is 11.2 Å². The minimum absolute atomic E-state index is 0.206. The number of amides is 2. The van der Waals surface area contributed by atoms with Crippen molar-refractivity contribution in [2.24, 2.45) is 10.5 Å². The van der Waals surface area contributed by atoms with Crippen LogP contribution < -0.4 is 15.1 Å². The predicted octanol–water partition coefficient (Wildman–Crippen LogP) is 2.66. The third-order valence-corrected chi connectivity index (χ3v) is 5.19. The van der Waals surface area contributed by atoms with E-state index in [1.54, 1.807) is 17.1 Å². The van der Waals surface area contributed by atoms with Gasteiger partial charge in [-0.2, -0.15) is 10.1 Å². The molecule has 0 aliphatic carbocycles. The quantitative estimate of drug-likeness (QED) is 0.807. The van der Waals surface area contributed by atoms with Crippen molar-refractivity contribution >= 4 is 29.2 Å². The maximum absolute atomic E-state index is 13.3. The number of rotatable bonds is 4. The molecule has 4 heterocycles. The Bertz CT molecular complexity index is 1060. The lowest BCUT2D eigenvalue weighted by Crippen LogP contribution is -2.54. The van der Waals surface area contributed by atoms with E-state index in [-0.39, 0.29) is 23.7 Å². The molecule has 162 valence electrons. The van der Waals surface area contributed by atoms with E-state index < -0.39 is 17.9 Å². The molecule has 0 aromatic carbocycles. The van der Waals surface area contributed by atoms with Crippen LogP contribution in [0.5, 0.6) is 5.88 Å². The second-order valence-electron chi connectivity index (χ2n) is 8.39. The van der Waals surface area contributed by atoms with Gasteiger partial charge >= 0.3 is 0 Å². The maximum Gasteiger partial charge on any atom is 0.259 e. The van der Waals surface area contributed by atoms with E-state index in [1.165, 1.54) is 24.1 Å². The van der Waals surface area contributed by atoms with E-state index in [0.29, 0.717) is 23.7 Å². The highest BCUT2D eigenvalue weighted by Crippen LogP contribution is 2.38. The number of carbonyl (C=O) groups is 2. The molecule has 2 aromatic rings. The first-order valence-electron chi connectivity index (χ1n) is 9.82. The Balaban J connectivity index is 1.64. The number of hydrogen-bond donors (Lipinski definition) is 1. The third-order valence-electron chi connectivity index (χ3n) is 5.19. The molecule has 2 aliphatic heterocycles. The van der Waals surface area contributed by atoms with E-state index in [9.17, 15) is 14.0 Å². The number of methoxy groups -OCH3 is 1. The number of nitrogens with one attached hydrogen (secondary N) is 1. The van der Waals surface area contributed by atoms with Gasteiger partial charge in [0.25, 0.3) is 5.91 Å². The van der Waals surface area contributed by atoms with Gasteiger partial charge in [0.2, 0.25) is 11.8 Å². The number of nitrogens with zero attached hydrogens (tertiary/aromatic N) is 5. The van der Waals surface area contributed by atoms with Crippen LogP contribution in [-0.4, -0.2) is 52.2 Å². The fourth-order valence-corrected chi connectivity index (χ4v) is 3.52. The van der Waals surface area contributed by atoms with Crippen molar-refractivity contribution in [3.05, 3.63) is 41.8 Å². The molecule has 0 saturated heterocycles. The minimum atomic E-state index is -0.503. The summed E-state index contributed by atoms with van der Waals surface area (Å²) in [7, 11) is 1.50. The maximum atomic E-state index is 13.3. The van der Waals surface area contributed by atoms with Gasteiger partial charge in [0, 0.05) is 23.6 Å². The Kier molecular flexibility index (Phi) is 5.08. The van der Waals surface area contributed by atoms with Gasteiger partial charge in [0.15, 0.2) is 5.82 Å². The number of pyridine rings is 2. The standard InChI is InChI=1S/C21H23FN6O3/c1-21(2,3)14-9-18-27(11-16(29)24-15-7-5-12(22)10-23-15)20(30)13-6-8-17(31-4)25-19(13)28(18)26-14/h5-8,10,18H,9,11H2,1-4H3,(H,23,24,29). The first-order valence-corrected chi connectivity index (χ1v) is 9.82. The molecule has 0 radical (unpaired) electrons. The van der Waals surface area contributed by atoms with Crippen LogP contribution in [0.25, 0.3) is 0 Å². The number of halogens is 1. The third kappa shape index (κ3) is 3.92. The summed E-state index contributed by atoms with van der Waals surface area (Å²) < 4.78 is 18.3. The zero-order chi connectivity index (χ0) is 22.3. The Morgan fingerprint density at radius 1 is 1.29 bits per heavy atom. The SMILES string of the molecule is COc1ccc2c(n1)N1N=C(C(C)(C)C)CC1N(CC(=O)Nc1ccc(F)cn1)C2=O. The molecule has 2 amide bonds. The van der Waals surface area contributed by atoms with E-state index >= 15 is 0 Å². The molecule has 9 nitrogen and oxygen atoms in total. The van der Waals surface area contributed by atoms with Crippen molar-refractivity contribution in [1.82, 2.24) is 14.9 Å². The average Bonchev–Trinajstić information content (AvgIpc) is 3.18. The van der Waals surface area contributed by atoms with Crippen LogP contribution in [0.2, 0.25) is 0 Å². The molecule has 1 unspecified atom stereocenters. The van der Waals surface area contributed by atoms with Crippen molar-refractivity contribution in [2.75, 3.05) is 24.0 Å². The van der Waals surface area contributed by atoms with Crippen LogP contribution in [0.1, 0.15) is 37.6 Å². The summed E-state index contributed by atoms with van der Waals surface area (Å²) in [5.74, 6) is -0.279. The zero-order valence-corrected chi connectivity index (χ0v) is 17.7. The molecule has 0 spiro atoms. The molecular formula is C21H23FN6O3. The monoisotopic (exact) mass is 426 g/mol. The minimum Gasteiger partial charge on any atom is -0.481 e. The highest BCUT2D eigenvalue weighted by atomic mass is 19.1. The van der Waals surface area contributed by atoms with Gasteiger partial charge in [-0.3, -0.25) is 9.59 Å². The van der Waals surface area contributed by atoms with Gasteiger partial charge < -0.3 is 15.0 Å². The second-order valence-corrected chi connectivity index (χ2v) is 8.39. The van der Waals surface area contributed by atoms with Crippen molar-refractivity contribution in [2.45, 2.75) is 33.4 Å². The van der Waals surface area contributed by atoms with E-state index in [2.05, 4.69) is 15.3 Å².